The molecular formula is C20H25NO2S. The number of rotatable bonds is 6. The summed E-state index contributed by atoms with van der Waals surface area (Å²) in [6, 6.07) is 13.7. The first-order valence-electron chi connectivity index (χ1n) is 8.04. The number of hydrogen-bond donors (Lipinski definition) is 1. The van der Waals surface area contributed by atoms with Gasteiger partial charge in [-0.3, -0.25) is 0 Å². The summed E-state index contributed by atoms with van der Waals surface area (Å²) in [5.74, 6) is 1.69. The maximum atomic E-state index is 6.02. The van der Waals surface area contributed by atoms with Crippen molar-refractivity contribution in [2.75, 3.05) is 13.2 Å². The summed E-state index contributed by atoms with van der Waals surface area (Å²) in [6.07, 6.45) is 0. The molecule has 0 unspecified atom stereocenters. The molecule has 24 heavy (non-hydrogen) atoms. The summed E-state index contributed by atoms with van der Waals surface area (Å²) < 4.78 is 11.8. The SMILES string of the molecule is Cc1cccc(C(C)(C)C)c1OCCOc1cccc(C(N)=S)c1. The van der Waals surface area contributed by atoms with Crippen LogP contribution in [0.3, 0.4) is 0 Å². The molecule has 2 aromatic rings. The zero-order valence-corrected chi connectivity index (χ0v) is 15.6. The van der Waals surface area contributed by atoms with Gasteiger partial charge in [0.05, 0.1) is 0 Å². The van der Waals surface area contributed by atoms with Gasteiger partial charge in [0.2, 0.25) is 0 Å². The predicted molar refractivity (Wildman–Crippen MR) is 103 cm³/mol. The van der Waals surface area contributed by atoms with Gasteiger partial charge in [0.1, 0.15) is 29.7 Å². The maximum absolute atomic E-state index is 6.02. The first kappa shape index (κ1) is 18.3. The summed E-state index contributed by atoms with van der Waals surface area (Å²) in [6.45, 7) is 9.56. The molecule has 0 spiro atoms. The maximum Gasteiger partial charge on any atom is 0.126 e. The van der Waals surface area contributed by atoms with Crippen molar-refractivity contribution in [1.29, 1.82) is 0 Å². The van der Waals surface area contributed by atoms with Crippen LogP contribution in [0.15, 0.2) is 42.5 Å². The Kier molecular flexibility index (Phi) is 5.84. The number of ether oxygens (including phenoxy) is 2. The van der Waals surface area contributed by atoms with Gasteiger partial charge in [-0.15, -0.1) is 0 Å². The van der Waals surface area contributed by atoms with E-state index in [1.54, 1.807) is 0 Å². The molecule has 0 bridgehead atoms. The molecule has 0 aliphatic rings. The third-order valence-electron chi connectivity index (χ3n) is 3.74. The third kappa shape index (κ3) is 4.71. The van der Waals surface area contributed by atoms with E-state index < -0.39 is 0 Å². The van der Waals surface area contributed by atoms with Gasteiger partial charge in [-0.1, -0.05) is 63.3 Å². The summed E-state index contributed by atoms with van der Waals surface area (Å²) in [7, 11) is 0. The molecular weight excluding hydrogens is 318 g/mol. The second kappa shape index (κ2) is 7.67. The number of hydrogen-bond acceptors (Lipinski definition) is 3. The minimum Gasteiger partial charge on any atom is -0.490 e. The van der Waals surface area contributed by atoms with Crippen LogP contribution < -0.4 is 15.2 Å². The molecule has 0 aromatic heterocycles. The lowest BCUT2D eigenvalue weighted by Gasteiger charge is -2.24. The van der Waals surface area contributed by atoms with Crippen LogP contribution in [0.2, 0.25) is 0 Å². The van der Waals surface area contributed by atoms with Crippen LogP contribution in [0.25, 0.3) is 0 Å². The van der Waals surface area contributed by atoms with Crippen molar-refractivity contribution in [3.05, 3.63) is 59.2 Å². The Balaban J connectivity index is 1.98. The Morgan fingerprint density at radius 2 is 1.71 bits per heavy atom. The van der Waals surface area contributed by atoms with Crippen molar-refractivity contribution < 1.29 is 9.47 Å². The highest BCUT2D eigenvalue weighted by Gasteiger charge is 2.20. The van der Waals surface area contributed by atoms with Crippen molar-refractivity contribution >= 4 is 17.2 Å². The monoisotopic (exact) mass is 343 g/mol. The van der Waals surface area contributed by atoms with Gasteiger partial charge in [-0.05, 0) is 35.6 Å². The topological polar surface area (TPSA) is 44.5 Å². The van der Waals surface area contributed by atoms with Crippen molar-refractivity contribution in [3.63, 3.8) is 0 Å². The zero-order valence-electron chi connectivity index (χ0n) is 14.8. The minimum absolute atomic E-state index is 0.0351. The van der Waals surface area contributed by atoms with Gasteiger partial charge in [-0.25, -0.2) is 0 Å². The Morgan fingerprint density at radius 3 is 2.38 bits per heavy atom. The van der Waals surface area contributed by atoms with Crippen LogP contribution in [-0.2, 0) is 5.41 Å². The molecule has 2 rings (SSSR count). The molecule has 0 saturated heterocycles. The molecule has 0 aliphatic heterocycles. The Labute approximate surface area is 149 Å². The van der Waals surface area contributed by atoms with E-state index in [4.69, 9.17) is 27.4 Å². The summed E-state index contributed by atoms with van der Waals surface area (Å²) in [5, 5.41) is 0. The van der Waals surface area contributed by atoms with Crippen molar-refractivity contribution in [3.8, 4) is 11.5 Å². The van der Waals surface area contributed by atoms with E-state index in [9.17, 15) is 0 Å². The lowest BCUT2D eigenvalue weighted by Crippen LogP contribution is -2.16. The summed E-state index contributed by atoms with van der Waals surface area (Å²) >= 11 is 4.98. The molecule has 4 heteroatoms. The quantitative estimate of drug-likeness (QED) is 0.624. The fourth-order valence-corrected chi connectivity index (χ4v) is 2.60. The molecule has 0 saturated carbocycles. The lowest BCUT2D eigenvalue weighted by atomic mass is 9.85. The van der Waals surface area contributed by atoms with Crippen LogP contribution >= 0.6 is 12.2 Å². The normalized spacial score (nSPS) is 11.2. The summed E-state index contributed by atoms with van der Waals surface area (Å²) in [5.41, 5.74) is 8.82. The lowest BCUT2D eigenvalue weighted by molar-refractivity contribution is 0.213. The first-order chi connectivity index (χ1) is 11.3. The smallest absolute Gasteiger partial charge is 0.126 e. The first-order valence-corrected chi connectivity index (χ1v) is 8.45. The van der Waals surface area contributed by atoms with E-state index in [1.807, 2.05) is 24.3 Å². The highest BCUT2D eigenvalue weighted by molar-refractivity contribution is 7.80. The van der Waals surface area contributed by atoms with E-state index in [-0.39, 0.29) is 5.41 Å². The number of nitrogens with two attached hydrogens (primary N) is 1. The van der Waals surface area contributed by atoms with Gasteiger partial charge in [0.25, 0.3) is 0 Å². The van der Waals surface area contributed by atoms with Crippen LogP contribution in [-0.4, -0.2) is 18.2 Å². The molecule has 0 aliphatic carbocycles. The molecule has 2 N–H and O–H groups in total. The van der Waals surface area contributed by atoms with E-state index in [1.165, 1.54) is 5.56 Å². The molecule has 0 atom stereocenters. The van der Waals surface area contributed by atoms with Crippen molar-refractivity contribution in [1.82, 2.24) is 0 Å². The minimum atomic E-state index is 0.0351. The highest BCUT2D eigenvalue weighted by atomic mass is 32.1. The average molecular weight is 343 g/mol. The van der Waals surface area contributed by atoms with E-state index >= 15 is 0 Å². The van der Waals surface area contributed by atoms with Gasteiger partial charge in [0, 0.05) is 5.56 Å². The van der Waals surface area contributed by atoms with Gasteiger partial charge in [0.15, 0.2) is 0 Å². The summed E-state index contributed by atoms with van der Waals surface area (Å²) in [4.78, 5) is 0.367. The largest absolute Gasteiger partial charge is 0.490 e. The van der Waals surface area contributed by atoms with Crippen LogP contribution in [0, 0.1) is 6.92 Å². The van der Waals surface area contributed by atoms with Crippen LogP contribution in [0.4, 0.5) is 0 Å². The van der Waals surface area contributed by atoms with Gasteiger partial charge < -0.3 is 15.2 Å². The third-order valence-corrected chi connectivity index (χ3v) is 3.97. The van der Waals surface area contributed by atoms with Crippen molar-refractivity contribution in [2.24, 2.45) is 5.73 Å². The molecule has 0 heterocycles. The fraction of sp³-hybridized carbons (Fsp3) is 0.350. The molecule has 0 fully saturated rings. The molecule has 0 amide bonds. The van der Waals surface area contributed by atoms with E-state index in [0.717, 1.165) is 22.6 Å². The second-order valence-electron chi connectivity index (χ2n) is 6.79. The number of benzene rings is 2. The number of para-hydroxylation sites is 1. The number of thiocarbonyl (C=S) groups is 1. The average Bonchev–Trinajstić information content (AvgIpc) is 2.52. The van der Waals surface area contributed by atoms with E-state index in [2.05, 4.69) is 45.9 Å². The Bertz CT molecular complexity index is 720. The molecule has 0 radical (unpaired) electrons. The molecule has 128 valence electrons. The second-order valence-corrected chi connectivity index (χ2v) is 7.23. The fourth-order valence-electron chi connectivity index (χ4n) is 2.48. The van der Waals surface area contributed by atoms with Crippen LogP contribution in [0.1, 0.15) is 37.5 Å². The number of aryl methyl sites for hydroxylation is 1. The predicted octanol–water partition coefficient (Wildman–Crippen LogP) is 4.38. The Hall–Kier alpha value is -2.07. The highest BCUT2D eigenvalue weighted by Crippen LogP contribution is 2.33. The Morgan fingerprint density at radius 1 is 1.04 bits per heavy atom. The zero-order chi connectivity index (χ0) is 17.7. The van der Waals surface area contributed by atoms with Crippen molar-refractivity contribution in [2.45, 2.75) is 33.1 Å². The van der Waals surface area contributed by atoms with E-state index in [0.29, 0.717) is 18.2 Å². The standard InChI is InChI=1S/C20H25NO2S/c1-14-7-5-10-17(20(2,3)4)18(14)23-12-11-22-16-9-6-8-15(13-16)19(21)24/h5-10,13H,11-12H2,1-4H3,(H2,21,24). The van der Waals surface area contributed by atoms with Crippen LogP contribution in [0.5, 0.6) is 11.5 Å². The van der Waals surface area contributed by atoms with Gasteiger partial charge >= 0.3 is 0 Å². The molecule has 2 aromatic carbocycles. The van der Waals surface area contributed by atoms with Gasteiger partial charge in [-0.2, -0.15) is 0 Å². The molecule has 3 nitrogen and oxygen atoms in total.